The van der Waals surface area contributed by atoms with E-state index in [-0.39, 0.29) is 5.97 Å². The molecular weight excluding hydrogens is 224 g/mol. The van der Waals surface area contributed by atoms with Gasteiger partial charge in [0.05, 0.1) is 0 Å². The average molecular weight is 244 g/mol. The molecule has 0 N–H and O–H groups in total. The molecule has 0 radical (unpaired) electrons. The van der Waals surface area contributed by atoms with E-state index in [4.69, 9.17) is 4.74 Å². The smallest absolute Gasteiger partial charge is 0.308 e. The lowest BCUT2D eigenvalue weighted by atomic mass is 9.79. The number of aryl methyl sites for hydroxylation is 1. The van der Waals surface area contributed by atoms with Crippen LogP contribution in [-0.4, -0.2) is 5.97 Å². The minimum Gasteiger partial charge on any atom is -0.426 e. The highest BCUT2D eigenvalue weighted by molar-refractivity contribution is 5.70. The van der Waals surface area contributed by atoms with Crippen molar-refractivity contribution in [3.05, 3.63) is 41.0 Å². The van der Waals surface area contributed by atoms with Crippen LogP contribution in [0.4, 0.5) is 0 Å². The number of hydrogen-bond donors (Lipinski definition) is 0. The Balaban J connectivity index is 2.35. The summed E-state index contributed by atoms with van der Waals surface area (Å²) in [6.07, 6.45) is 3.29. The number of fused-ring (bicyclic) bond motifs is 1. The number of esters is 1. The second kappa shape index (κ2) is 4.97. The van der Waals surface area contributed by atoms with Crippen molar-refractivity contribution in [3.63, 3.8) is 0 Å². The topological polar surface area (TPSA) is 26.3 Å². The molecule has 1 atom stereocenters. The molecule has 0 saturated carbocycles. The standard InChI is InChI=1S/C16H20O2/c1-10(2)14-6-5-13-7-8-16(18-12(4)17)11(3)15(13)9-14/h7-8,14H,1,5-6,9H2,2-4H3/t14-/m1/s1. The van der Waals surface area contributed by atoms with E-state index in [2.05, 4.69) is 19.6 Å². The van der Waals surface area contributed by atoms with Crippen LogP contribution in [0.15, 0.2) is 24.3 Å². The molecule has 0 heterocycles. The molecule has 0 bridgehead atoms. The van der Waals surface area contributed by atoms with Crippen LogP contribution in [-0.2, 0) is 17.6 Å². The van der Waals surface area contributed by atoms with E-state index in [9.17, 15) is 4.79 Å². The SMILES string of the molecule is C=C(C)[C@@H]1CCc2ccc(OC(C)=O)c(C)c2C1. The zero-order valence-electron chi connectivity index (χ0n) is 11.4. The molecule has 1 aromatic rings. The average Bonchev–Trinajstić information content (AvgIpc) is 2.32. The monoisotopic (exact) mass is 244 g/mol. The summed E-state index contributed by atoms with van der Waals surface area (Å²) in [5.41, 5.74) is 5.08. The van der Waals surface area contributed by atoms with Gasteiger partial charge in [-0.15, -0.1) is 0 Å². The van der Waals surface area contributed by atoms with Crippen LogP contribution < -0.4 is 4.74 Å². The first-order valence-corrected chi connectivity index (χ1v) is 6.44. The first-order valence-electron chi connectivity index (χ1n) is 6.44. The number of carbonyl (C=O) groups excluding carboxylic acids is 1. The lowest BCUT2D eigenvalue weighted by Gasteiger charge is -2.27. The summed E-state index contributed by atoms with van der Waals surface area (Å²) in [4.78, 5) is 11.1. The third-order valence-electron chi connectivity index (χ3n) is 3.81. The molecule has 1 aliphatic carbocycles. The Bertz CT molecular complexity index is 500. The molecule has 18 heavy (non-hydrogen) atoms. The second-order valence-corrected chi connectivity index (χ2v) is 5.21. The predicted molar refractivity (Wildman–Crippen MR) is 72.8 cm³/mol. The van der Waals surface area contributed by atoms with Crippen LogP contribution in [0, 0.1) is 12.8 Å². The van der Waals surface area contributed by atoms with Gasteiger partial charge in [0, 0.05) is 6.92 Å². The zero-order chi connectivity index (χ0) is 13.3. The highest BCUT2D eigenvalue weighted by atomic mass is 16.5. The van der Waals surface area contributed by atoms with Gasteiger partial charge in [-0.05, 0) is 61.8 Å². The molecule has 96 valence electrons. The molecule has 0 aromatic heterocycles. The Morgan fingerprint density at radius 3 is 2.72 bits per heavy atom. The van der Waals surface area contributed by atoms with Crippen molar-refractivity contribution >= 4 is 5.97 Å². The summed E-state index contributed by atoms with van der Waals surface area (Å²) in [5, 5.41) is 0. The van der Waals surface area contributed by atoms with Crippen molar-refractivity contribution < 1.29 is 9.53 Å². The fourth-order valence-electron chi connectivity index (χ4n) is 2.67. The number of rotatable bonds is 2. The molecular formula is C16H20O2. The highest BCUT2D eigenvalue weighted by Gasteiger charge is 2.22. The molecule has 0 saturated heterocycles. The van der Waals surface area contributed by atoms with Gasteiger partial charge >= 0.3 is 5.97 Å². The largest absolute Gasteiger partial charge is 0.426 e. The van der Waals surface area contributed by atoms with Gasteiger partial charge in [-0.3, -0.25) is 4.79 Å². The number of allylic oxidation sites excluding steroid dienone is 1. The first kappa shape index (κ1) is 12.9. The van der Waals surface area contributed by atoms with E-state index in [1.165, 1.54) is 30.0 Å². The Morgan fingerprint density at radius 2 is 2.11 bits per heavy atom. The molecule has 2 heteroatoms. The summed E-state index contributed by atoms with van der Waals surface area (Å²) in [7, 11) is 0. The fourth-order valence-corrected chi connectivity index (χ4v) is 2.67. The van der Waals surface area contributed by atoms with Gasteiger partial charge in [0.1, 0.15) is 5.75 Å². The number of ether oxygens (including phenoxy) is 1. The molecule has 0 fully saturated rings. The quantitative estimate of drug-likeness (QED) is 0.451. The van der Waals surface area contributed by atoms with Crippen LogP contribution >= 0.6 is 0 Å². The second-order valence-electron chi connectivity index (χ2n) is 5.21. The van der Waals surface area contributed by atoms with Crippen LogP contribution in [0.1, 0.15) is 37.0 Å². The minimum absolute atomic E-state index is 0.259. The van der Waals surface area contributed by atoms with Crippen LogP contribution in [0.5, 0.6) is 5.75 Å². The maximum Gasteiger partial charge on any atom is 0.308 e. The van der Waals surface area contributed by atoms with Gasteiger partial charge in [0.2, 0.25) is 0 Å². The number of benzene rings is 1. The molecule has 0 unspecified atom stereocenters. The van der Waals surface area contributed by atoms with Gasteiger partial charge in [0.25, 0.3) is 0 Å². The molecule has 1 aliphatic rings. The maximum atomic E-state index is 11.1. The lowest BCUT2D eigenvalue weighted by molar-refractivity contribution is -0.131. The van der Waals surface area contributed by atoms with E-state index in [1.54, 1.807) is 0 Å². The Morgan fingerprint density at radius 1 is 1.39 bits per heavy atom. The van der Waals surface area contributed by atoms with Crippen molar-refractivity contribution in [1.29, 1.82) is 0 Å². The van der Waals surface area contributed by atoms with Gasteiger partial charge in [0.15, 0.2) is 0 Å². The number of carbonyl (C=O) groups is 1. The molecule has 1 aromatic carbocycles. The third-order valence-corrected chi connectivity index (χ3v) is 3.81. The lowest BCUT2D eigenvalue weighted by Crippen LogP contribution is -2.17. The van der Waals surface area contributed by atoms with E-state index in [0.717, 1.165) is 18.4 Å². The van der Waals surface area contributed by atoms with E-state index >= 15 is 0 Å². The summed E-state index contributed by atoms with van der Waals surface area (Å²) in [6.45, 7) is 9.64. The summed E-state index contributed by atoms with van der Waals surface area (Å²) >= 11 is 0. The van der Waals surface area contributed by atoms with Crippen molar-refractivity contribution in [1.82, 2.24) is 0 Å². The van der Waals surface area contributed by atoms with Crippen LogP contribution in [0.2, 0.25) is 0 Å². The highest BCUT2D eigenvalue weighted by Crippen LogP contribution is 2.34. The Hall–Kier alpha value is -1.57. The molecule has 2 nitrogen and oxygen atoms in total. The Kier molecular flexibility index (Phi) is 3.55. The van der Waals surface area contributed by atoms with E-state index in [0.29, 0.717) is 11.7 Å². The van der Waals surface area contributed by atoms with E-state index in [1.807, 2.05) is 13.0 Å². The third kappa shape index (κ3) is 2.47. The Labute approximate surface area is 109 Å². The summed E-state index contributed by atoms with van der Waals surface area (Å²) < 4.78 is 5.25. The van der Waals surface area contributed by atoms with Crippen LogP contribution in [0.3, 0.4) is 0 Å². The minimum atomic E-state index is -0.259. The van der Waals surface area contributed by atoms with Crippen molar-refractivity contribution in [2.24, 2.45) is 5.92 Å². The first-order chi connectivity index (χ1) is 8.49. The van der Waals surface area contributed by atoms with Gasteiger partial charge in [-0.2, -0.15) is 0 Å². The van der Waals surface area contributed by atoms with Crippen molar-refractivity contribution in [2.75, 3.05) is 0 Å². The van der Waals surface area contributed by atoms with Gasteiger partial charge < -0.3 is 4.74 Å². The predicted octanol–water partition coefficient (Wildman–Crippen LogP) is 3.60. The normalized spacial score (nSPS) is 18.1. The maximum absolute atomic E-state index is 11.1. The molecule has 0 aliphatic heterocycles. The van der Waals surface area contributed by atoms with Crippen LogP contribution in [0.25, 0.3) is 0 Å². The zero-order valence-corrected chi connectivity index (χ0v) is 11.4. The van der Waals surface area contributed by atoms with E-state index < -0.39 is 0 Å². The van der Waals surface area contributed by atoms with Crippen molar-refractivity contribution in [3.8, 4) is 5.75 Å². The fraction of sp³-hybridized carbons (Fsp3) is 0.438. The van der Waals surface area contributed by atoms with Gasteiger partial charge in [-0.1, -0.05) is 18.2 Å². The molecule has 0 amide bonds. The van der Waals surface area contributed by atoms with Gasteiger partial charge in [-0.25, -0.2) is 0 Å². The number of hydrogen-bond acceptors (Lipinski definition) is 2. The summed E-state index contributed by atoms with van der Waals surface area (Å²) in [5.74, 6) is 0.998. The summed E-state index contributed by atoms with van der Waals surface area (Å²) in [6, 6.07) is 4.01. The molecule has 0 spiro atoms. The molecule has 2 rings (SSSR count). The van der Waals surface area contributed by atoms with Crippen molar-refractivity contribution in [2.45, 2.75) is 40.0 Å².